The van der Waals surface area contributed by atoms with E-state index in [1.807, 2.05) is 26.0 Å². The van der Waals surface area contributed by atoms with Gasteiger partial charge in [-0.2, -0.15) is 0 Å². The Balaban J connectivity index is 2.05. The predicted octanol–water partition coefficient (Wildman–Crippen LogP) is 2.74. The first-order chi connectivity index (χ1) is 9.99. The van der Waals surface area contributed by atoms with Crippen LogP contribution in [0.4, 0.5) is 5.69 Å². The van der Waals surface area contributed by atoms with E-state index < -0.39 is 11.7 Å². The van der Waals surface area contributed by atoms with Crippen LogP contribution in [0.2, 0.25) is 0 Å². The number of anilines is 1. The number of amides is 1. The molecule has 0 spiro atoms. The van der Waals surface area contributed by atoms with Crippen LogP contribution in [0.5, 0.6) is 5.75 Å². The molecular formula is C17H15NO3. The van der Waals surface area contributed by atoms with Crippen molar-refractivity contribution in [2.45, 2.75) is 20.4 Å². The van der Waals surface area contributed by atoms with Gasteiger partial charge in [0.15, 0.2) is 0 Å². The van der Waals surface area contributed by atoms with Gasteiger partial charge in [-0.15, -0.1) is 0 Å². The second kappa shape index (κ2) is 4.74. The normalized spacial score (nSPS) is 13.7. The van der Waals surface area contributed by atoms with Gasteiger partial charge >= 0.3 is 0 Å². The molecular weight excluding hydrogens is 266 g/mol. The number of hydrogen-bond acceptors (Lipinski definition) is 3. The molecule has 4 nitrogen and oxygen atoms in total. The molecule has 0 saturated heterocycles. The Morgan fingerprint density at radius 3 is 2.24 bits per heavy atom. The Hall–Kier alpha value is -2.62. The molecule has 0 aliphatic carbocycles. The molecule has 3 rings (SSSR count). The van der Waals surface area contributed by atoms with Crippen LogP contribution in [0.25, 0.3) is 0 Å². The largest absolute Gasteiger partial charge is 0.508 e. The highest BCUT2D eigenvalue weighted by atomic mass is 16.3. The van der Waals surface area contributed by atoms with E-state index in [-0.39, 0.29) is 5.75 Å². The number of rotatable bonds is 2. The van der Waals surface area contributed by atoms with Crippen LogP contribution in [0.1, 0.15) is 27.0 Å². The fraction of sp³-hybridized carbons (Fsp3) is 0.176. The predicted molar refractivity (Wildman–Crippen MR) is 79.5 cm³/mol. The Morgan fingerprint density at radius 2 is 1.57 bits per heavy atom. The Labute approximate surface area is 122 Å². The Kier molecular flexibility index (Phi) is 3.01. The molecule has 0 atom stereocenters. The van der Waals surface area contributed by atoms with Crippen LogP contribution in [0.15, 0.2) is 36.4 Å². The van der Waals surface area contributed by atoms with Crippen LogP contribution in [0.3, 0.4) is 0 Å². The van der Waals surface area contributed by atoms with Crippen molar-refractivity contribution in [1.29, 1.82) is 0 Å². The van der Waals surface area contributed by atoms with Gasteiger partial charge in [-0.3, -0.25) is 9.59 Å². The second-order valence-electron chi connectivity index (χ2n) is 5.31. The molecule has 0 fully saturated rings. The van der Waals surface area contributed by atoms with Gasteiger partial charge in [-0.05, 0) is 42.7 Å². The quantitative estimate of drug-likeness (QED) is 0.861. The summed E-state index contributed by atoms with van der Waals surface area (Å²) in [5, 5.41) is 9.32. The lowest BCUT2D eigenvalue weighted by Crippen LogP contribution is -2.29. The third-order valence-corrected chi connectivity index (χ3v) is 3.80. The molecule has 21 heavy (non-hydrogen) atoms. The summed E-state index contributed by atoms with van der Waals surface area (Å²) in [6.07, 6.45) is 0. The zero-order chi connectivity index (χ0) is 15.1. The molecule has 1 N–H and O–H groups in total. The third kappa shape index (κ3) is 2.09. The number of aromatic hydroxyl groups is 1. The molecule has 2 aromatic carbocycles. The van der Waals surface area contributed by atoms with Crippen LogP contribution >= 0.6 is 0 Å². The summed E-state index contributed by atoms with van der Waals surface area (Å²) in [6.45, 7) is 4.06. The maximum absolute atomic E-state index is 12.3. The zero-order valence-corrected chi connectivity index (χ0v) is 11.9. The number of phenolic OH excluding ortho intramolecular Hbond substituents is 1. The third-order valence-electron chi connectivity index (χ3n) is 3.80. The SMILES string of the molecule is Cc1ccc(C)c2c1C(=O)C(=O)N2Cc1ccc(O)cc1. The van der Waals surface area contributed by atoms with E-state index in [1.54, 1.807) is 24.3 Å². The van der Waals surface area contributed by atoms with Crippen molar-refractivity contribution in [2.24, 2.45) is 0 Å². The minimum absolute atomic E-state index is 0.176. The molecule has 1 amide bonds. The Bertz CT molecular complexity index is 747. The number of aryl methyl sites for hydroxylation is 2. The van der Waals surface area contributed by atoms with Crippen molar-refractivity contribution in [1.82, 2.24) is 0 Å². The maximum atomic E-state index is 12.3. The molecule has 0 bridgehead atoms. The minimum atomic E-state index is -0.490. The van der Waals surface area contributed by atoms with Crippen LogP contribution in [0, 0.1) is 13.8 Å². The first kappa shape index (κ1) is 13.4. The van der Waals surface area contributed by atoms with Crippen LogP contribution in [-0.2, 0) is 11.3 Å². The minimum Gasteiger partial charge on any atom is -0.508 e. The van der Waals surface area contributed by atoms with E-state index in [0.717, 1.165) is 16.7 Å². The van der Waals surface area contributed by atoms with Gasteiger partial charge in [0, 0.05) is 0 Å². The molecule has 1 aliphatic heterocycles. The summed E-state index contributed by atoms with van der Waals surface area (Å²) >= 11 is 0. The number of hydrogen-bond donors (Lipinski definition) is 1. The topological polar surface area (TPSA) is 57.6 Å². The summed E-state index contributed by atoms with van der Waals surface area (Å²) in [5.41, 5.74) is 3.82. The van der Waals surface area contributed by atoms with Crippen molar-refractivity contribution in [3.63, 3.8) is 0 Å². The van der Waals surface area contributed by atoms with Gasteiger partial charge in [-0.25, -0.2) is 0 Å². The number of carbonyl (C=O) groups excluding carboxylic acids is 2. The van der Waals surface area contributed by atoms with Gasteiger partial charge in [0.05, 0.1) is 17.8 Å². The lowest BCUT2D eigenvalue weighted by molar-refractivity contribution is -0.114. The average Bonchev–Trinajstić information content (AvgIpc) is 2.71. The summed E-state index contributed by atoms with van der Waals surface area (Å²) < 4.78 is 0. The van der Waals surface area contributed by atoms with Crippen LogP contribution < -0.4 is 4.90 Å². The van der Waals surface area contributed by atoms with Gasteiger partial charge < -0.3 is 10.0 Å². The van der Waals surface area contributed by atoms with E-state index >= 15 is 0 Å². The summed E-state index contributed by atoms with van der Waals surface area (Å²) in [4.78, 5) is 26.0. The molecule has 0 aromatic heterocycles. The second-order valence-corrected chi connectivity index (χ2v) is 5.31. The van der Waals surface area contributed by atoms with Crippen molar-refractivity contribution >= 4 is 17.4 Å². The van der Waals surface area contributed by atoms with Crippen LogP contribution in [-0.4, -0.2) is 16.8 Å². The molecule has 2 aromatic rings. The van der Waals surface area contributed by atoms with Crippen molar-refractivity contribution in [2.75, 3.05) is 4.90 Å². The smallest absolute Gasteiger partial charge is 0.299 e. The van der Waals surface area contributed by atoms with Crippen molar-refractivity contribution < 1.29 is 14.7 Å². The van der Waals surface area contributed by atoms with E-state index in [2.05, 4.69) is 0 Å². The Morgan fingerprint density at radius 1 is 0.952 bits per heavy atom. The number of carbonyl (C=O) groups is 2. The number of phenols is 1. The number of fused-ring (bicyclic) bond motifs is 1. The molecule has 0 radical (unpaired) electrons. The molecule has 0 unspecified atom stereocenters. The van der Waals surface area contributed by atoms with Crippen molar-refractivity contribution in [3.05, 3.63) is 58.7 Å². The summed E-state index contributed by atoms with van der Waals surface area (Å²) in [5.74, 6) is -0.754. The highest BCUT2D eigenvalue weighted by Crippen LogP contribution is 2.35. The monoisotopic (exact) mass is 281 g/mol. The number of benzene rings is 2. The van der Waals surface area contributed by atoms with Gasteiger partial charge in [-0.1, -0.05) is 24.3 Å². The number of nitrogens with zero attached hydrogens (tertiary/aromatic N) is 1. The molecule has 0 saturated carbocycles. The maximum Gasteiger partial charge on any atom is 0.299 e. The molecule has 1 aliphatic rings. The first-order valence-electron chi connectivity index (χ1n) is 6.73. The van der Waals surface area contributed by atoms with Gasteiger partial charge in [0.2, 0.25) is 0 Å². The summed E-state index contributed by atoms with van der Waals surface area (Å²) in [6, 6.07) is 10.4. The number of Topliss-reactive ketones (excluding diaryl/α,β-unsaturated/α-hetero) is 1. The number of ketones is 1. The molecule has 4 heteroatoms. The van der Waals surface area contributed by atoms with E-state index in [4.69, 9.17) is 0 Å². The fourth-order valence-electron chi connectivity index (χ4n) is 2.70. The van der Waals surface area contributed by atoms with E-state index in [1.165, 1.54) is 4.90 Å². The lowest BCUT2D eigenvalue weighted by Gasteiger charge is -2.19. The zero-order valence-electron chi connectivity index (χ0n) is 11.9. The van der Waals surface area contributed by atoms with E-state index in [0.29, 0.717) is 17.8 Å². The standard InChI is InChI=1S/C17H15NO3/c1-10-3-4-11(2)15-14(10)16(20)17(21)18(15)9-12-5-7-13(19)8-6-12/h3-8,19H,9H2,1-2H3. The summed E-state index contributed by atoms with van der Waals surface area (Å²) in [7, 11) is 0. The van der Waals surface area contributed by atoms with Gasteiger partial charge in [0.1, 0.15) is 5.75 Å². The lowest BCUT2D eigenvalue weighted by atomic mass is 10.0. The average molecular weight is 281 g/mol. The van der Waals surface area contributed by atoms with Crippen molar-refractivity contribution in [3.8, 4) is 5.75 Å². The molecule has 1 heterocycles. The first-order valence-corrected chi connectivity index (χ1v) is 6.73. The highest BCUT2D eigenvalue weighted by Gasteiger charge is 2.37. The van der Waals surface area contributed by atoms with E-state index in [9.17, 15) is 14.7 Å². The highest BCUT2D eigenvalue weighted by molar-refractivity contribution is 6.52. The molecule has 106 valence electrons. The van der Waals surface area contributed by atoms with Gasteiger partial charge in [0.25, 0.3) is 11.7 Å². The fourth-order valence-corrected chi connectivity index (χ4v) is 2.70.